The van der Waals surface area contributed by atoms with Crippen LogP contribution in [0.3, 0.4) is 0 Å². The molecule has 0 aromatic heterocycles. The zero-order valence-corrected chi connectivity index (χ0v) is 11.8. The van der Waals surface area contributed by atoms with E-state index in [9.17, 15) is 4.79 Å². The molecule has 4 nitrogen and oxygen atoms in total. The van der Waals surface area contributed by atoms with Crippen LogP contribution in [0.2, 0.25) is 0 Å². The van der Waals surface area contributed by atoms with Gasteiger partial charge in [-0.25, -0.2) is 0 Å². The fourth-order valence-electron chi connectivity index (χ4n) is 2.47. The molecule has 0 saturated heterocycles. The molecule has 1 heterocycles. The number of hydrogen-bond acceptors (Lipinski definition) is 3. The summed E-state index contributed by atoms with van der Waals surface area (Å²) in [5, 5.41) is 6.34. The predicted molar refractivity (Wildman–Crippen MR) is 79.8 cm³/mol. The van der Waals surface area contributed by atoms with E-state index >= 15 is 0 Å². The summed E-state index contributed by atoms with van der Waals surface area (Å²) >= 11 is 0. The van der Waals surface area contributed by atoms with E-state index in [1.54, 1.807) is 0 Å². The van der Waals surface area contributed by atoms with Gasteiger partial charge in [0.05, 0.1) is 6.54 Å². The number of nitrogens with one attached hydrogen (secondary N) is 2. The minimum absolute atomic E-state index is 0.0886. The summed E-state index contributed by atoms with van der Waals surface area (Å²) in [5.41, 5.74) is 3.71. The summed E-state index contributed by atoms with van der Waals surface area (Å²) in [5.74, 6) is 0.0886. The Bertz CT molecular complexity index is 445. The van der Waals surface area contributed by atoms with Crippen LogP contribution >= 0.6 is 0 Å². The first kappa shape index (κ1) is 13.7. The number of hydrogen-bond donors (Lipinski definition) is 2. The summed E-state index contributed by atoms with van der Waals surface area (Å²) < 4.78 is 0. The number of benzene rings is 1. The highest BCUT2D eigenvalue weighted by molar-refractivity contribution is 5.82. The van der Waals surface area contributed by atoms with Gasteiger partial charge in [0, 0.05) is 31.5 Å². The molecule has 2 rings (SSSR count). The molecule has 2 N–H and O–H groups in total. The normalized spacial score (nSPS) is 13.4. The molecule has 0 fully saturated rings. The van der Waals surface area contributed by atoms with Gasteiger partial charge in [-0.15, -0.1) is 0 Å². The monoisotopic (exact) mass is 261 g/mol. The number of fused-ring (bicyclic) bond motifs is 1. The lowest BCUT2D eigenvalue weighted by Gasteiger charge is -2.26. The van der Waals surface area contributed by atoms with Crippen molar-refractivity contribution in [2.45, 2.75) is 26.2 Å². The number of likely N-dealkylation sites (N-methyl/N-ethyl adjacent to an activating group) is 1. The minimum atomic E-state index is 0.0886. The highest BCUT2D eigenvalue weighted by atomic mass is 16.2. The van der Waals surface area contributed by atoms with Gasteiger partial charge in [0.25, 0.3) is 0 Å². The van der Waals surface area contributed by atoms with E-state index in [1.807, 2.05) is 18.0 Å². The van der Waals surface area contributed by atoms with Gasteiger partial charge in [0.1, 0.15) is 0 Å². The van der Waals surface area contributed by atoms with Crippen molar-refractivity contribution in [2.75, 3.05) is 36.9 Å². The van der Waals surface area contributed by atoms with Crippen molar-refractivity contribution in [3.63, 3.8) is 0 Å². The van der Waals surface area contributed by atoms with E-state index in [0.29, 0.717) is 6.54 Å². The van der Waals surface area contributed by atoms with Gasteiger partial charge in [0.2, 0.25) is 5.91 Å². The van der Waals surface area contributed by atoms with Crippen LogP contribution in [0, 0.1) is 0 Å². The van der Waals surface area contributed by atoms with Crippen molar-refractivity contribution in [3.8, 4) is 0 Å². The standard InChI is InChI=1S/C15H23N3O/c1-3-9-17-15(19)11-18(2)14-8-4-7-13-12(14)6-5-10-16-13/h4,7-8,16H,3,5-6,9-11H2,1-2H3,(H,17,19). The molecule has 1 aromatic rings. The number of carbonyl (C=O) groups is 1. The fraction of sp³-hybridized carbons (Fsp3) is 0.533. The minimum Gasteiger partial charge on any atom is -0.385 e. The molecule has 0 aliphatic carbocycles. The average molecular weight is 261 g/mol. The molecule has 0 atom stereocenters. The van der Waals surface area contributed by atoms with Crippen molar-refractivity contribution in [3.05, 3.63) is 23.8 Å². The van der Waals surface area contributed by atoms with Crippen LogP contribution in [0.4, 0.5) is 11.4 Å². The summed E-state index contributed by atoms with van der Waals surface area (Å²) in [6.45, 7) is 4.26. The zero-order valence-electron chi connectivity index (χ0n) is 11.8. The van der Waals surface area contributed by atoms with E-state index in [-0.39, 0.29) is 5.91 Å². The molecule has 4 heteroatoms. The Hall–Kier alpha value is -1.71. The van der Waals surface area contributed by atoms with E-state index in [1.165, 1.54) is 11.3 Å². The molecule has 0 bridgehead atoms. The Labute approximate surface area is 115 Å². The molecular formula is C15H23N3O. The molecule has 0 unspecified atom stereocenters. The largest absolute Gasteiger partial charge is 0.385 e. The molecule has 1 aliphatic rings. The van der Waals surface area contributed by atoms with Crippen molar-refractivity contribution in [2.24, 2.45) is 0 Å². The van der Waals surface area contributed by atoms with E-state index < -0.39 is 0 Å². The Morgan fingerprint density at radius 2 is 2.32 bits per heavy atom. The van der Waals surface area contributed by atoms with Gasteiger partial charge in [-0.3, -0.25) is 4.79 Å². The lowest BCUT2D eigenvalue weighted by molar-refractivity contribution is -0.119. The maximum Gasteiger partial charge on any atom is 0.239 e. The first-order valence-electron chi connectivity index (χ1n) is 7.06. The van der Waals surface area contributed by atoms with Gasteiger partial charge < -0.3 is 15.5 Å². The van der Waals surface area contributed by atoms with E-state index in [0.717, 1.165) is 38.0 Å². The van der Waals surface area contributed by atoms with Crippen LogP contribution in [0.15, 0.2) is 18.2 Å². The number of anilines is 2. The fourth-order valence-corrected chi connectivity index (χ4v) is 2.47. The number of rotatable bonds is 5. The molecule has 1 aliphatic heterocycles. The quantitative estimate of drug-likeness (QED) is 0.852. The highest BCUT2D eigenvalue weighted by Crippen LogP contribution is 2.30. The molecule has 0 radical (unpaired) electrons. The van der Waals surface area contributed by atoms with Crippen molar-refractivity contribution < 1.29 is 4.79 Å². The number of carbonyl (C=O) groups excluding carboxylic acids is 1. The first-order chi connectivity index (χ1) is 9.22. The molecule has 0 saturated carbocycles. The Balaban J connectivity index is 2.06. The Morgan fingerprint density at radius 3 is 3.11 bits per heavy atom. The van der Waals surface area contributed by atoms with Crippen LogP contribution in [-0.4, -0.2) is 32.6 Å². The van der Waals surface area contributed by atoms with Crippen LogP contribution in [-0.2, 0) is 11.2 Å². The topological polar surface area (TPSA) is 44.4 Å². The molecular weight excluding hydrogens is 238 g/mol. The Kier molecular flexibility index (Phi) is 4.66. The van der Waals surface area contributed by atoms with Gasteiger partial charge in [-0.05, 0) is 37.0 Å². The third-order valence-electron chi connectivity index (χ3n) is 3.43. The van der Waals surface area contributed by atoms with Crippen molar-refractivity contribution >= 4 is 17.3 Å². The average Bonchev–Trinajstić information content (AvgIpc) is 2.44. The lowest BCUT2D eigenvalue weighted by Crippen LogP contribution is -2.36. The van der Waals surface area contributed by atoms with Gasteiger partial charge in [-0.2, -0.15) is 0 Å². The van der Waals surface area contributed by atoms with Crippen molar-refractivity contribution in [1.82, 2.24) is 5.32 Å². The summed E-state index contributed by atoms with van der Waals surface area (Å²) in [6, 6.07) is 6.26. The second kappa shape index (κ2) is 6.45. The number of nitrogens with zero attached hydrogens (tertiary/aromatic N) is 1. The first-order valence-corrected chi connectivity index (χ1v) is 7.06. The molecule has 19 heavy (non-hydrogen) atoms. The molecule has 1 aromatic carbocycles. The van der Waals surface area contributed by atoms with Gasteiger partial charge in [0.15, 0.2) is 0 Å². The van der Waals surface area contributed by atoms with Gasteiger partial charge in [-0.1, -0.05) is 13.0 Å². The van der Waals surface area contributed by atoms with Crippen LogP contribution in [0.5, 0.6) is 0 Å². The molecule has 1 amide bonds. The van der Waals surface area contributed by atoms with Crippen LogP contribution < -0.4 is 15.5 Å². The Morgan fingerprint density at radius 1 is 1.47 bits per heavy atom. The molecule has 104 valence electrons. The number of amides is 1. The maximum atomic E-state index is 11.8. The van der Waals surface area contributed by atoms with Crippen molar-refractivity contribution in [1.29, 1.82) is 0 Å². The SMILES string of the molecule is CCCNC(=O)CN(C)c1cccc2c1CCCN2. The zero-order chi connectivity index (χ0) is 13.7. The maximum absolute atomic E-state index is 11.8. The van der Waals surface area contributed by atoms with Crippen LogP contribution in [0.25, 0.3) is 0 Å². The lowest BCUT2D eigenvalue weighted by atomic mass is 10.0. The highest BCUT2D eigenvalue weighted by Gasteiger charge is 2.16. The second-order valence-electron chi connectivity index (χ2n) is 5.04. The van der Waals surface area contributed by atoms with Crippen LogP contribution in [0.1, 0.15) is 25.3 Å². The van der Waals surface area contributed by atoms with E-state index in [4.69, 9.17) is 0 Å². The van der Waals surface area contributed by atoms with Gasteiger partial charge >= 0.3 is 0 Å². The summed E-state index contributed by atoms with van der Waals surface area (Å²) in [4.78, 5) is 13.8. The smallest absolute Gasteiger partial charge is 0.239 e. The third kappa shape index (κ3) is 3.40. The van der Waals surface area contributed by atoms with E-state index in [2.05, 4.69) is 29.7 Å². The predicted octanol–water partition coefficient (Wildman–Crippen LogP) is 2.01. The summed E-state index contributed by atoms with van der Waals surface area (Å²) in [7, 11) is 1.98. The summed E-state index contributed by atoms with van der Waals surface area (Å²) in [6.07, 6.45) is 3.21. The molecule has 0 spiro atoms. The second-order valence-corrected chi connectivity index (χ2v) is 5.04. The third-order valence-corrected chi connectivity index (χ3v) is 3.43.